The molecule has 2 aromatic carbocycles. The Kier molecular flexibility index (Phi) is 5.42. The molecule has 3 nitrogen and oxygen atoms in total. The minimum absolute atomic E-state index is 0.187. The second-order valence-electron chi connectivity index (χ2n) is 7.61. The quantitative estimate of drug-likeness (QED) is 0.605. The molecule has 2 heterocycles. The number of nitrogens with one attached hydrogen (secondary N) is 1. The molecule has 0 saturated carbocycles. The monoisotopic (exact) mass is 420 g/mol. The SMILES string of the molecule is Cc1cccc(-c2cc3c(NC4CCS(=O)CC4)cccc3n2CC(F)(F)F)c1. The lowest BCUT2D eigenvalue weighted by molar-refractivity contribution is -0.139. The number of aryl methyl sites for hydroxylation is 1. The summed E-state index contributed by atoms with van der Waals surface area (Å²) in [7, 11) is -0.753. The summed E-state index contributed by atoms with van der Waals surface area (Å²) >= 11 is 0. The summed E-state index contributed by atoms with van der Waals surface area (Å²) in [6.07, 6.45) is -2.71. The normalized spacial score (nSPS) is 20.1. The van der Waals surface area contributed by atoms with E-state index in [-0.39, 0.29) is 6.04 Å². The number of anilines is 1. The number of rotatable bonds is 4. The van der Waals surface area contributed by atoms with Gasteiger partial charge in [-0.15, -0.1) is 0 Å². The van der Waals surface area contributed by atoms with E-state index < -0.39 is 23.5 Å². The summed E-state index contributed by atoms with van der Waals surface area (Å²) in [5, 5.41) is 4.26. The lowest BCUT2D eigenvalue weighted by Crippen LogP contribution is -2.29. The topological polar surface area (TPSA) is 34.0 Å². The molecule has 1 aliphatic rings. The van der Waals surface area contributed by atoms with Crippen molar-refractivity contribution in [2.45, 2.75) is 38.5 Å². The van der Waals surface area contributed by atoms with Crippen LogP contribution in [0.2, 0.25) is 0 Å². The molecule has 0 unspecified atom stereocenters. The summed E-state index contributed by atoms with van der Waals surface area (Å²) in [5.74, 6) is 1.33. The van der Waals surface area contributed by atoms with E-state index in [9.17, 15) is 17.4 Å². The fraction of sp³-hybridized carbons (Fsp3) is 0.364. The lowest BCUT2D eigenvalue weighted by atomic mass is 10.1. The van der Waals surface area contributed by atoms with Gasteiger partial charge in [-0.3, -0.25) is 4.21 Å². The highest BCUT2D eigenvalue weighted by Crippen LogP contribution is 2.35. The van der Waals surface area contributed by atoms with Crippen molar-refractivity contribution >= 4 is 27.4 Å². The molecule has 3 aromatic rings. The van der Waals surface area contributed by atoms with Crippen molar-refractivity contribution in [2.24, 2.45) is 0 Å². The Balaban J connectivity index is 1.80. The zero-order valence-corrected chi connectivity index (χ0v) is 16.9. The van der Waals surface area contributed by atoms with E-state index in [1.165, 1.54) is 4.57 Å². The lowest BCUT2D eigenvalue weighted by Gasteiger charge is -2.24. The highest BCUT2D eigenvalue weighted by atomic mass is 32.2. The van der Waals surface area contributed by atoms with Gasteiger partial charge in [0.25, 0.3) is 0 Å². The third-order valence-electron chi connectivity index (χ3n) is 5.34. The van der Waals surface area contributed by atoms with Gasteiger partial charge in [-0.2, -0.15) is 13.2 Å². The average Bonchev–Trinajstić information content (AvgIpc) is 3.02. The maximum Gasteiger partial charge on any atom is 0.406 e. The van der Waals surface area contributed by atoms with Crippen LogP contribution >= 0.6 is 0 Å². The van der Waals surface area contributed by atoms with E-state index in [4.69, 9.17) is 0 Å². The Hall–Kier alpha value is -2.28. The molecule has 0 aliphatic carbocycles. The van der Waals surface area contributed by atoms with E-state index in [2.05, 4.69) is 5.32 Å². The smallest absolute Gasteiger partial charge is 0.382 e. The molecule has 1 aromatic heterocycles. The van der Waals surface area contributed by atoms with Gasteiger partial charge in [0.2, 0.25) is 0 Å². The van der Waals surface area contributed by atoms with Gasteiger partial charge < -0.3 is 9.88 Å². The molecule has 0 amide bonds. The molecular formula is C22H23F3N2OS. The number of hydrogen-bond acceptors (Lipinski definition) is 2. The van der Waals surface area contributed by atoms with Crippen molar-refractivity contribution in [3.63, 3.8) is 0 Å². The second-order valence-corrected chi connectivity index (χ2v) is 9.30. The number of halogens is 3. The van der Waals surface area contributed by atoms with Crippen LogP contribution in [0.25, 0.3) is 22.2 Å². The van der Waals surface area contributed by atoms with Crippen LogP contribution in [0.15, 0.2) is 48.5 Å². The van der Waals surface area contributed by atoms with Gasteiger partial charge in [0.05, 0.1) is 5.52 Å². The predicted molar refractivity (Wildman–Crippen MR) is 113 cm³/mol. The summed E-state index contributed by atoms with van der Waals surface area (Å²) in [4.78, 5) is 0. The summed E-state index contributed by atoms with van der Waals surface area (Å²) in [6.45, 7) is 0.895. The summed E-state index contributed by atoms with van der Waals surface area (Å²) in [6, 6.07) is 15.0. The Morgan fingerprint density at radius 1 is 1.10 bits per heavy atom. The van der Waals surface area contributed by atoms with Crippen LogP contribution in [0.3, 0.4) is 0 Å². The largest absolute Gasteiger partial charge is 0.406 e. The van der Waals surface area contributed by atoms with Gasteiger partial charge in [-0.1, -0.05) is 29.8 Å². The maximum absolute atomic E-state index is 13.4. The van der Waals surface area contributed by atoms with Gasteiger partial charge in [0, 0.05) is 45.1 Å². The molecule has 4 rings (SSSR count). The van der Waals surface area contributed by atoms with E-state index in [1.807, 2.05) is 43.3 Å². The molecule has 1 fully saturated rings. The average molecular weight is 421 g/mol. The minimum Gasteiger partial charge on any atom is -0.382 e. The first kappa shape index (κ1) is 20.0. The van der Waals surface area contributed by atoms with E-state index >= 15 is 0 Å². The molecule has 0 bridgehead atoms. The van der Waals surface area contributed by atoms with Crippen LogP contribution in [0.5, 0.6) is 0 Å². The first-order valence-electron chi connectivity index (χ1n) is 9.68. The molecule has 154 valence electrons. The van der Waals surface area contributed by atoms with Crippen molar-refractivity contribution < 1.29 is 17.4 Å². The summed E-state index contributed by atoms with van der Waals surface area (Å²) in [5.41, 5.74) is 3.71. The minimum atomic E-state index is -4.32. The van der Waals surface area contributed by atoms with Crippen molar-refractivity contribution in [1.29, 1.82) is 0 Å². The van der Waals surface area contributed by atoms with Crippen LogP contribution in [-0.4, -0.2) is 32.5 Å². The molecule has 1 aliphatic heterocycles. The number of nitrogens with zero attached hydrogens (tertiary/aromatic N) is 1. The number of alkyl halides is 3. The fourth-order valence-corrected chi connectivity index (χ4v) is 5.26. The van der Waals surface area contributed by atoms with Crippen LogP contribution in [0, 0.1) is 6.92 Å². The Bertz CT molecular complexity index is 1050. The molecule has 7 heteroatoms. The predicted octanol–water partition coefficient (Wildman–Crippen LogP) is 5.50. The van der Waals surface area contributed by atoms with Crippen LogP contribution < -0.4 is 5.32 Å². The van der Waals surface area contributed by atoms with Crippen molar-refractivity contribution in [2.75, 3.05) is 16.8 Å². The molecule has 1 saturated heterocycles. The standard InChI is InChI=1S/C22H23F3N2OS/c1-15-4-2-5-16(12-15)21-13-18-19(26-17-8-10-29(28)11-9-17)6-3-7-20(18)27(21)14-22(23,24)25/h2-7,12-13,17,26H,8-11,14H2,1H3. The first-order valence-corrected chi connectivity index (χ1v) is 11.2. The van der Waals surface area contributed by atoms with Crippen molar-refractivity contribution in [3.8, 4) is 11.3 Å². The van der Waals surface area contributed by atoms with Gasteiger partial charge >= 0.3 is 6.18 Å². The Morgan fingerprint density at radius 3 is 2.52 bits per heavy atom. The number of hydrogen-bond donors (Lipinski definition) is 1. The van der Waals surface area contributed by atoms with E-state index in [1.54, 1.807) is 12.1 Å². The van der Waals surface area contributed by atoms with Crippen LogP contribution in [0.1, 0.15) is 18.4 Å². The van der Waals surface area contributed by atoms with Gasteiger partial charge in [-0.25, -0.2) is 0 Å². The molecule has 0 spiro atoms. The number of fused-ring (bicyclic) bond motifs is 1. The Morgan fingerprint density at radius 2 is 1.83 bits per heavy atom. The van der Waals surface area contributed by atoms with Crippen molar-refractivity contribution in [3.05, 3.63) is 54.1 Å². The number of benzene rings is 2. The molecule has 1 N–H and O–H groups in total. The second kappa shape index (κ2) is 7.86. The molecule has 0 radical (unpaired) electrons. The van der Waals surface area contributed by atoms with Crippen LogP contribution in [-0.2, 0) is 17.3 Å². The maximum atomic E-state index is 13.4. The third-order valence-corrected chi connectivity index (χ3v) is 6.73. The molecule has 29 heavy (non-hydrogen) atoms. The first-order chi connectivity index (χ1) is 13.8. The highest BCUT2D eigenvalue weighted by Gasteiger charge is 2.30. The van der Waals surface area contributed by atoms with Gasteiger partial charge in [0.1, 0.15) is 6.54 Å². The molecule has 0 atom stereocenters. The van der Waals surface area contributed by atoms with E-state index in [0.29, 0.717) is 22.7 Å². The number of aromatic nitrogens is 1. The molecular weight excluding hydrogens is 397 g/mol. The van der Waals surface area contributed by atoms with Crippen LogP contribution in [0.4, 0.5) is 18.9 Å². The van der Waals surface area contributed by atoms with Gasteiger partial charge in [-0.05, 0) is 49.6 Å². The third kappa shape index (κ3) is 4.50. The van der Waals surface area contributed by atoms with Crippen molar-refractivity contribution in [1.82, 2.24) is 4.57 Å². The Labute approximate surface area is 170 Å². The zero-order valence-electron chi connectivity index (χ0n) is 16.1. The van der Waals surface area contributed by atoms with E-state index in [0.717, 1.165) is 35.0 Å². The van der Waals surface area contributed by atoms with Gasteiger partial charge in [0.15, 0.2) is 0 Å². The summed E-state index contributed by atoms with van der Waals surface area (Å²) < 4.78 is 53.1. The highest BCUT2D eigenvalue weighted by molar-refractivity contribution is 7.85. The zero-order chi connectivity index (χ0) is 20.6. The fourth-order valence-electron chi connectivity index (χ4n) is 3.96.